The zero-order valence-electron chi connectivity index (χ0n) is 21.8. The lowest BCUT2D eigenvalue weighted by Crippen LogP contribution is -2.54. The second-order valence-electron chi connectivity index (χ2n) is 9.50. The lowest BCUT2D eigenvalue weighted by molar-refractivity contribution is -0.140. The number of amides is 4. The number of rotatable bonds is 7. The van der Waals surface area contributed by atoms with Crippen molar-refractivity contribution in [2.24, 2.45) is 0 Å². The molecule has 208 valence electrons. The average Bonchev–Trinajstić information content (AvgIpc) is 3.58. The van der Waals surface area contributed by atoms with E-state index in [2.05, 4.69) is 25.9 Å². The minimum absolute atomic E-state index is 0.0714. The summed E-state index contributed by atoms with van der Waals surface area (Å²) in [5, 5.41) is 15.4. The predicted octanol–water partition coefficient (Wildman–Crippen LogP) is 1.38. The Morgan fingerprint density at radius 2 is 1.93 bits per heavy atom. The average molecular weight is 547 g/mol. The van der Waals surface area contributed by atoms with Crippen LogP contribution in [0.3, 0.4) is 0 Å². The molecule has 1 aromatic heterocycles. The Kier molecular flexibility index (Phi) is 8.89. The van der Waals surface area contributed by atoms with Crippen molar-refractivity contribution in [1.29, 1.82) is 0 Å². The van der Waals surface area contributed by atoms with Crippen LogP contribution < -0.4 is 16.0 Å². The molecule has 0 unspecified atom stereocenters. The molecule has 0 radical (unpaired) electrons. The molecule has 0 bridgehead atoms. The van der Waals surface area contributed by atoms with Crippen LogP contribution >= 0.6 is 0 Å². The van der Waals surface area contributed by atoms with E-state index in [0.29, 0.717) is 30.8 Å². The lowest BCUT2D eigenvalue weighted by Gasteiger charge is -2.38. The number of fused-ring (bicyclic) bond motifs is 2. The fourth-order valence-corrected chi connectivity index (χ4v) is 5.08. The minimum atomic E-state index is -0.803. The van der Waals surface area contributed by atoms with Crippen LogP contribution in [0.25, 0.3) is 0 Å². The highest BCUT2D eigenvalue weighted by molar-refractivity contribution is 6.02. The van der Waals surface area contributed by atoms with Gasteiger partial charge < -0.3 is 30.9 Å². The van der Waals surface area contributed by atoms with E-state index in [0.717, 1.165) is 22.4 Å². The summed E-state index contributed by atoms with van der Waals surface area (Å²) in [7, 11) is 0. The summed E-state index contributed by atoms with van der Waals surface area (Å²) in [6.45, 7) is 1.82. The number of hydrogen-bond acceptors (Lipinski definition) is 6. The Balaban J connectivity index is 0.00000118. The molecule has 12 nitrogen and oxygen atoms in total. The van der Waals surface area contributed by atoms with E-state index in [1.807, 2.05) is 24.3 Å². The number of imidazole rings is 1. The Bertz CT molecular complexity index is 1410. The smallest absolute Gasteiger partial charge is 0.290 e. The van der Waals surface area contributed by atoms with E-state index in [1.54, 1.807) is 29.3 Å². The van der Waals surface area contributed by atoms with Gasteiger partial charge in [0.25, 0.3) is 12.4 Å². The van der Waals surface area contributed by atoms with Crippen molar-refractivity contribution in [3.05, 3.63) is 82.9 Å². The highest BCUT2D eigenvalue weighted by Gasteiger charge is 2.35. The van der Waals surface area contributed by atoms with Crippen LogP contribution in [0.5, 0.6) is 0 Å². The first-order valence-electron chi connectivity index (χ1n) is 12.7. The Morgan fingerprint density at radius 3 is 2.62 bits per heavy atom. The topological polar surface area (TPSA) is 174 Å². The van der Waals surface area contributed by atoms with Crippen molar-refractivity contribution in [2.45, 2.75) is 51.4 Å². The largest absolute Gasteiger partial charge is 0.483 e. The molecule has 2 atom stereocenters. The maximum atomic E-state index is 13.8. The third kappa shape index (κ3) is 6.52. The second-order valence-corrected chi connectivity index (χ2v) is 9.50. The maximum absolute atomic E-state index is 13.8. The molecule has 2 aromatic carbocycles. The van der Waals surface area contributed by atoms with Crippen molar-refractivity contribution in [2.75, 3.05) is 5.32 Å². The first kappa shape index (κ1) is 28.0. The van der Waals surface area contributed by atoms with E-state index in [1.165, 1.54) is 13.3 Å². The molecular weight excluding hydrogens is 516 g/mol. The Hall–Kier alpha value is -5.00. The van der Waals surface area contributed by atoms with Crippen LogP contribution in [-0.2, 0) is 45.1 Å². The molecule has 0 saturated heterocycles. The summed E-state index contributed by atoms with van der Waals surface area (Å²) >= 11 is 0. The van der Waals surface area contributed by atoms with Gasteiger partial charge in [0.05, 0.1) is 6.33 Å². The van der Waals surface area contributed by atoms with E-state index >= 15 is 0 Å². The summed E-state index contributed by atoms with van der Waals surface area (Å²) < 4.78 is 0. The van der Waals surface area contributed by atoms with Gasteiger partial charge in [0.1, 0.15) is 6.04 Å². The maximum Gasteiger partial charge on any atom is 0.290 e. The number of H-pyrrole nitrogens is 1. The van der Waals surface area contributed by atoms with Crippen LogP contribution in [0.1, 0.15) is 46.1 Å². The molecule has 0 fully saturated rings. The van der Waals surface area contributed by atoms with Gasteiger partial charge in [-0.1, -0.05) is 30.3 Å². The van der Waals surface area contributed by atoms with Crippen molar-refractivity contribution in [3.8, 4) is 0 Å². The highest BCUT2D eigenvalue weighted by atomic mass is 16.3. The molecule has 4 amide bonds. The summed E-state index contributed by atoms with van der Waals surface area (Å²) in [6.07, 6.45) is 3.99. The first-order chi connectivity index (χ1) is 19.3. The van der Waals surface area contributed by atoms with Gasteiger partial charge >= 0.3 is 0 Å². The monoisotopic (exact) mass is 546 g/mol. The zero-order valence-corrected chi connectivity index (χ0v) is 21.8. The molecule has 40 heavy (non-hydrogen) atoms. The van der Waals surface area contributed by atoms with Crippen LogP contribution in [0.15, 0.2) is 55.0 Å². The molecule has 2 aliphatic rings. The number of carbonyl (C=O) groups is 5. The summed E-state index contributed by atoms with van der Waals surface area (Å²) in [6, 6.07) is 11.9. The van der Waals surface area contributed by atoms with Gasteiger partial charge in [0.2, 0.25) is 17.7 Å². The standard InChI is InChI=1S/C27H28N6O4.CH2O2/c1-16(34)31-24(10-19-12-28-15-30-19)27(37)33-14-18-6-3-2-5-17(18)9-20(33)11-25(35)32-23-8-4-7-21-22(23)13-29-26(21)36;2-1-3/h2-8,12,15,20,24H,9-11,13-14H2,1H3,(H,28,30)(H,29,36)(H,31,34)(H,32,35);1H,(H,2,3)/t20-,24-;/m1./s1. The molecule has 3 heterocycles. The molecule has 12 heteroatoms. The van der Waals surface area contributed by atoms with Crippen LogP contribution in [0, 0.1) is 0 Å². The predicted molar refractivity (Wildman–Crippen MR) is 144 cm³/mol. The second kappa shape index (κ2) is 12.7. The molecule has 0 saturated carbocycles. The highest BCUT2D eigenvalue weighted by Crippen LogP contribution is 2.28. The molecule has 0 spiro atoms. The van der Waals surface area contributed by atoms with Crippen LogP contribution in [-0.4, -0.2) is 62.2 Å². The van der Waals surface area contributed by atoms with Gasteiger partial charge in [-0.25, -0.2) is 4.98 Å². The lowest BCUT2D eigenvalue weighted by atomic mass is 9.91. The number of carboxylic acid groups (broad SMARTS) is 1. The molecule has 0 aliphatic carbocycles. The quantitative estimate of drug-likeness (QED) is 0.278. The molecule has 2 aliphatic heterocycles. The zero-order chi connectivity index (χ0) is 28.6. The van der Waals surface area contributed by atoms with Gasteiger partial charge in [-0.2, -0.15) is 0 Å². The van der Waals surface area contributed by atoms with E-state index in [9.17, 15) is 19.2 Å². The number of aromatic nitrogens is 2. The van der Waals surface area contributed by atoms with Gasteiger partial charge in [-0.15, -0.1) is 0 Å². The molecular formula is C28H30N6O6. The van der Waals surface area contributed by atoms with Gasteiger partial charge in [0.15, 0.2) is 0 Å². The SMILES string of the molecule is CC(=O)N[C@H](Cc1cnc[nH]1)C(=O)N1Cc2ccccc2C[C@@H]1CC(=O)Nc1cccc2c1CNC2=O.O=CO. The molecule has 5 rings (SSSR count). The first-order valence-corrected chi connectivity index (χ1v) is 12.7. The normalized spacial score (nSPS) is 15.9. The van der Waals surface area contributed by atoms with Crippen LogP contribution in [0.2, 0.25) is 0 Å². The number of hydrogen-bond donors (Lipinski definition) is 5. The fraction of sp³-hybridized carbons (Fsp3) is 0.286. The van der Waals surface area contributed by atoms with E-state index in [-0.39, 0.29) is 42.9 Å². The van der Waals surface area contributed by atoms with E-state index < -0.39 is 12.1 Å². The third-order valence-electron chi connectivity index (χ3n) is 6.83. The van der Waals surface area contributed by atoms with Crippen molar-refractivity contribution in [3.63, 3.8) is 0 Å². The van der Waals surface area contributed by atoms with Crippen molar-refractivity contribution in [1.82, 2.24) is 25.5 Å². The minimum Gasteiger partial charge on any atom is -0.483 e. The molecule has 3 aromatic rings. The number of aromatic amines is 1. The van der Waals surface area contributed by atoms with Gasteiger partial charge in [-0.3, -0.25) is 24.0 Å². The number of anilines is 1. The van der Waals surface area contributed by atoms with Crippen LogP contribution in [0.4, 0.5) is 5.69 Å². The van der Waals surface area contributed by atoms with Gasteiger partial charge in [0, 0.05) is 67.6 Å². The summed E-state index contributed by atoms with van der Waals surface area (Å²) in [4.78, 5) is 68.0. The molecule has 5 N–H and O–H groups in total. The number of carbonyl (C=O) groups excluding carboxylic acids is 4. The van der Waals surface area contributed by atoms with Crippen molar-refractivity contribution >= 4 is 35.8 Å². The number of nitrogens with one attached hydrogen (secondary N) is 4. The van der Waals surface area contributed by atoms with Crippen molar-refractivity contribution < 1.29 is 29.1 Å². The number of nitrogens with zero attached hydrogens (tertiary/aromatic N) is 2. The summed E-state index contributed by atoms with van der Waals surface area (Å²) in [5.41, 5.74) is 4.72. The van der Waals surface area contributed by atoms with E-state index in [4.69, 9.17) is 9.90 Å². The summed E-state index contributed by atoms with van der Waals surface area (Å²) in [5.74, 6) is -0.981. The number of benzene rings is 2. The fourth-order valence-electron chi connectivity index (χ4n) is 5.08. The Labute approximate surface area is 230 Å². The third-order valence-corrected chi connectivity index (χ3v) is 6.83. The van der Waals surface area contributed by atoms with Gasteiger partial charge in [-0.05, 0) is 29.7 Å². The Morgan fingerprint density at radius 1 is 1.18 bits per heavy atom.